The van der Waals surface area contributed by atoms with E-state index in [0.29, 0.717) is 12.1 Å². The molecule has 0 unspecified atom stereocenters. The lowest BCUT2D eigenvalue weighted by atomic mass is 9.95. The van der Waals surface area contributed by atoms with Gasteiger partial charge in [0, 0.05) is 37.2 Å². The Morgan fingerprint density at radius 1 is 1.21 bits per heavy atom. The zero-order valence-electron chi connectivity index (χ0n) is 15.4. The lowest BCUT2D eigenvalue weighted by molar-refractivity contribution is 0.0527. The molecule has 132 valence electrons. The maximum atomic E-state index is 11.7. The van der Waals surface area contributed by atoms with Gasteiger partial charge in [0.05, 0.1) is 0 Å². The summed E-state index contributed by atoms with van der Waals surface area (Å²) in [5.74, 6) is 0. The van der Waals surface area contributed by atoms with Gasteiger partial charge < -0.3 is 4.74 Å². The third kappa shape index (κ3) is 5.64. The van der Waals surface area contributed by atoms with E-state index in [2.05, 4.69) is 53.5 Å². The van der Waals surface area contributed by atoms with E-state index < -0.39 is 11.7 Å². The molecule has 2 atom stereocenters. The van der Waals surface area contributed by atoms with Crippen LogP contribution in [0.1, 0.15) is 53.0 Å². The molecule has 1 aliphatic heterocycles. The average molecular weight is 331 g/mol. The third-order valence-electron chi connectivity index (χ3n) is 4.11. The molecule has 0 saturated carbocycles. The number of carbonyl (C=O) groups excluding carboxylic acids is 1. The van der Waals surface area contributed by atoms with Crippen LogP contribution in [0.4, 0.5) is 4.79 Å². The number of carbonyl (C=O) groups is 1. The number of hydrazone groups is 1. The molecule has 2 rings (SSSR count). The van der Waals surface area contributed by atoms with Crippen molar-refractivity contribution < 1.29 is 9.53 Å². The first-order valence-electron chi connectivity index (χ1n) is 8.58. The number of hydrogen-bond donors (Lipinski definition) is 1. The molecule has 5 nitrogen and oxygen atoms in total. The van der Waals surface area contributed by atoms with Crippen molar-refractivity contribution in [3.8, 4) is 0 Å². The summed E-state index contributed by atoms with van der Waals surface area (Å²) in [5, 5.41) is 4.28. The standard InChI is InChI=1S/C19H29N3O2/c1-14-11-17(20-21-18(23)24-19(3,4)5)12-15(2)22(14)13-16-9-7-6-8-10-16/h6-10,14-15H,11-13H2,1-5H3,(H,21,23)/t14-,15-/m0/s1. The second-order valence-corrected chi connectivity index (χ2v) is 7.56. The molecule has 0 spiro atoms. The largest absolute Gasteiger partial charge is 0.443 e. The quantitative estimate of drug-likeness (QED) is 0.854. The molecule has 1 N–H and O–H groups in total. The zero-order chi connectivity index (χ0) is 17.7. The Morgan fingerprint density at radius 2 is 1.79 bits per heavy atom. The van der Waals surface area contributed by atoms with E-state index >= 15 is 0 Å². The molecule has 1 saturated heterocycles. The van der Waals surface area contributed by atoms with Crippen LogP contribution in [0.3, 0.4) is 0 Å². The van der Waals surface area contributed by atoms with Crippen molar-refractivity contribution in [1.82, 2.24) is 10.3 Å². The summed E-state index contributed by atoms with van der Waals surface area (Å²) in [7, 11) is 0. The Balaban J connectivity index is 1.92. The smallest absolute Gasteiger partial charge is 0.428 e. The van der Waals surface area contributed by atoms with E-state index in [-0.39, 0.29) is 0 Å². The Bertz CT molecular complexity index is 564. The highest BCUT2D eigenvalue weighted by Gasteiger charge is 2.28. The van der Waals surface area contributed by atoms with Crippen LogP contribution in [0, 0.1) is 0 Å². The van der Waals surface area contributed by atoms with Crippen molar-refractivity contribution in [3.05, 3.63) is 35.9 Å². The summed E-state index contributed by atoms with van der Waals surface area (Å²) in [4.78, 5) is 14.2. The van der Waals surface area contributed by atoms with Crippen LogP contribution in [0.5, 0.6) is 0 Å². The van der Waals surface area contributed by atoms with Gasteiger partial charge in [0.1, 0.15) is 5.60 Å². The molecule has 0 aliphatic carbocycles. The predicted molar refractivity (Wildman–Crippen MR) is 96.9 cm³/mol. The zero-order valence-corrected chi connectivity index (χ0v) is 15.4. The van der Waals surface area contributed by atoms with Gasteiger partial charge in [-0.3, -0.25) is 4.90 Å². The van der Waals surface area contributed by atoms with Crippen LogP contribution >= 0.6 is 0 Å². The number of benzene rings is 1. The van der Waals surface area contributed by atoms with Crippen LogP contribution in [-0.4, -0.2) is 34.4 Å². The number of amides is 1. The highest BCUT2D eigenvalue weighted by atomic mass is 16.6. The number of nitrogens with zero attached hydrogens (tertiary/aromatic N) is 2. The molecule has 0 aromatic heterocycles. The normalized spacial score (nSPS) is 22.1. The molecule has 1 aromatic carbocycles. The lowest BCUT2D eigenvalue weighted by Crippen LogP contribution is -2.46. The summed E-state index contributed by atoms with van der Waals surface area (Å²) < 4.78 is 5.22. The van der Waals surface area contributed by atoms with Crippen LogP contribution in [-0.2, 0) is 11.3 Å². The van der Waals surface area contributed by atoms with Crippen LogP contribution in [0.25, 0.3) is 0 Å². The Morgan fingerprint density at radius 3 is 2.33 bits per heavy atom. The molecule has 5 heteroatoms. The van der Waals surface area contributed by atoms with E-state index in [0.717, 1.165) is 25.1 Å². The van der Waals surface area contributed by atoms with Crippen LogP contribution in [0.2, 0.25) is 0 Å². The summed E-state index contributed by atoms with van der Waals surface area (Å²) >= 11 is 0. The fourth-order valence-corrected chi connectivity index (χ4v) is 3.06. The van der Waals surface area contributed by atoms with E-state index in [1.807, 2.05) is 26.8 Å². The minimum Gasteiger partial charge on any atom is -0.443 e. The number of likely N-dealkylation sites (tertiary alicyclic amines) is 1. The summed E-state index contributed by atoms with van der Waals surface area (Å²) in [5.41, 5.74) is 4.35. The minimum atomic E-state index is -0.510. The molecule has 1 aliphatic rings. The van der Waals surface area contributed by atoms with E-state index in [4.69, 9.17) is 4.74 Å². The van der Waals surface area contributed by atoms with Gasteiger partial charge in [0.25, 0.3) is 0 Å². The first-order valence-corrected chi connectivity index (χ1v) is 8.58. The Hall–Kier alpha value is -1.88. The van der Waals surface area contributed by atoms with E-state index in [1.165, 1.54) is 5.56 Å². The van der Waals surface area contributed by atoms with Crippen molar-refractivity contribution in [2.45, 2.75) is 71.7 Å². The van der Waals surface area contributed by atoms with Gasteiger partial charge in [-0.15, -0.1) is 0 Å². The molecule has 24 heavy (non-hydrogen) atoms. The second kappa shape index (κ2) is 7.79. The number of ether oxygens (including phenoxy) is 1. The number of rotatable bonds is 3. The van der Waals surface area contributed by atoms with Crippen molar-refractivity contribution in [2.75, 3.05) is 0 Å². The average Bonchev–Trinajstić information content (AvgIpc) is 2.48. The van der Waals surface area contributed by atoms with Crippen molar-refractivity contribution in [3.63, 3.8) is 0 Å². The first kappa shape index (κ1) is 18.5. The van der Waals surface area contributed by atoms with Crippen LogP contribution in [0.15, 0.2) is 35.4 Å². The highest BCUT2D eigenvalue weighted by Crippen LogP contribution is 2.23. The van der Waals surface area contributed by atoms with E-state index in [9.17, 15) is 4.79 Å². The molecule has 1 fully saturated rings. The van der Waals surface area contributed by atoms with Gasteiger partial charge in [-0.05, 0) is 40.2 Å². The monoisotopic (exact) mass is 331 g/mol. The summed E-state index contributed by atoms with van der Waals surface area (Å²) in [6.07, 6.45) is 1.21. The Labute approximate surface area is 145 Å². The molecular formula is C19H29N3O2. The molecular weight excluding hydrogens is 302 g/mol. The molecule has 1 aromatic rings. The number of piperidine rings is 1. The SMILES string of the molecule is C[C@H]1CC(=NNC(=O)OC(C)(C)C)C[C@H](C)N1Cc1ccccc1. The maximum Gasteiger partial charge on any atom is 0.428 e. The first-order chi connectivity index (χ1) is 11.2. The van der Waals surface area contributed by atoms with Crippen molar-refractivity contribution in [2.24, 2.45) is 5.10 Å². The topological polar surface area (TPSA) is 53.9 Å². The van der Waals surface area contributed by atoms with Gasteiger partial charge in [0.15, 0.2) is 0 Å². The van der Waals surface area contributed by atoms with Gasteiger partial charge in [-0.2, -0.15) is 5.10 Å². The molecule has 1 amide bonds. The highest BCUT2D eigenvalue weighted by molar-refractivity contribution is 5.87. The predicted octanol–water partition coefficient (Wildman–Crippen LogP) is 3.94. The molecule has 0 radical (unpaired) electrons. The summed E-state index contributed by atoms with van der Waals surface area (Å²) in [6.45, 7) is 10.9. The number of nitrogens with one attached hydrogen (secondary N) is 1. The minimum absolute atomic E-state index is 0.383. The fourth-order valence-electron chi connectivity index (χ4n) is 3.06. The second-order valence-electron chi connectivity index (χ2n) is 7.56. The van der Waals surface area contributed by atoms with Gasteiger partial charge in [-0.1, -0.05) is 30.3 Å². The van der Waals surface area contributed by atoms with Gasteiger partial charge in [-0.25, -0.2) is 10.2 Å². The van der Waals surface area contributed by atoms with Gasteiger partial charge in [0.2, 0.25) is 0 Å². The lowest BCUT2D eigenvalue weighted by Gasteiger charge is -2.39. The van der Waals surface area contributed by atoms with Crippen molar-refractivity contribution >= 4 is 11.8 Å². The maximum absolute atomic E-state index is 11.7. The van der Waals surface area contributed by atoms with Gasteiger partial charge >= 0.3 is 6.09 Å². The van der Waals surface area contributed by atoms with Crippen molar-refractivity contribution in [1.29, 1.82) is 0 Å². The Kier molecular flexibility index (Phi) is 5.99. The number of hydrogen-bond acceptors (Lipinski definition) is 4. The third-order valence-corrected chi connectivity index (χ3v) is 4.11. The van der Waals surface area contributed by atoms with E-state index in [1.54, 1.807) is 0 Å². The molecule has 1 heterocycles. The fraction of sp³-hybridized carbons (Fsp3) is 0.579. The van der Waals surface area contributed by atoms with Crippen LogP contribution < -0.4 is 5.43 Å². The molecule has 0 bridgehead atoms. The summed E-state index contributed by atoms with van der Waals surface area (Å²) in [6, 6.07) is 11.3.